The molecule has 2 atom stereocenters. The van der Waals surface area contributed by atoms with Gasteiger partial charge in [-0.05, 0) is 49.4 Å². The molecule has 0 saturated carbocycles. The number of Topliss-reactive ketones (excluding diaryl/α,β-unsaturated/α-hetero) is 1. The molecule has 0 saturated heterocycles. The number of benzene rings is 1. The highest BCUT2D eigenvalue weighted by atomic mass is 32.1. The second kappa shape index (κ2) is 8.58. The first-order valence-electron chi connectivity index (χ1n) is 10.3. The first-order chi connectivity index (χ1) is 15.2. The van der Waals surface area contributed by atoms with E-state index in [0.29, 0.717) is 23.3 Å². The fourth-order valence-corrected chi connectivity index (χ4v) is 5.27. The Bertz CT molecular complexity index is 1100. The van der Waals surface area contributed by atoms with Crippen LogP contribution in [0.5, 0.6) is 0 Å². The minimum Gasteiger partial charge on any atom is -0.463 e. The Morgan fingerprint density at radius 2 is 1.91 bits per heavy atom. The number of thiophene rings is 1. The van der Waals surface area contributed by atoms with Gasteiger partial charge >= 0.3 is 12.1 Å². The lowest BCUT2D eigenvalue weighted by molar-refractivity contribution is -0.139. The molecule has 32 heavy (non-hydrogen) atoms. The molecule has 1 aromatic heterocycles. The number of nitrogens with one attached hydrogen (secondary N) is 1. The van der Waals surface area contributed by atoms with Crippen LogP contribution in [0.25, 0.3) is 0 Å². The number of hydrogen-bond donors (Lipinski definition) is 1. The van der Waals surface area contributed by atoms with E-state index < -0.39 is 23.6 Å². The fraction of sp³-hybridized carbons (Fsp3) is 0.333. The zero-order chi connectivity index (χ0) is 23.0. The maximum Gasteiger partial charge on any atom is 0.416 e. The summed E-state index contributed by atoms with van der Waals surface area (Å²) in [6.45, 7) is 3.56. The van der Waals surface area contributed by atoms with Crippen molar-refractivity contribution in [1.29, 1.82) is 0 Å². The van der Waals surface area contributed by atoms with Gasteiger partial charge in [0, 0.05) is 40.1 Å². The highest BCUT2D eigenvalue weighted by Gasteiger charge is 2.42. The molecule has 168 valence electrons. The second-order valence-corrected chi connectivity index (χ2v) is 8.85. The van der Waals surface area contributed by atoms with Crippen LogP contribution in [0, 0.1) is 0 Å². The molecule has 2 heterocycles. The zero-order valence-electron chi connectivity index (χ0n) is 17.6. The summed E-state index contributed by atoms with van der Waals surface area (Å²) < 4.78 is 44.5. The van der Waals surface area contributed by atoms with E-state index in [0.717, 1.165) is 22.7 Å². The van der Waals surface area contributed by atoms with Crippen LogP contribution in [-0.2, 0) is 20.5 Å². The lowest BCUT2D eigenvalue weighted by atomic mass is 9.72. The first-order valence-corrected chi connectivity index (χ1v) is 11.2. The van der Waals surface area contributed by atoms with Gasteiger partial charge in [-0.1, -0.05) is 18.2 Å². The van der Waals surface area contributed by atoms with Crippen molar-refractivity contribution in [2.45, 2.75) is 44.7 Å². The molecule has 1 aliphatic heterocycles. The minimum atomic E-state index is -4.47. The van der Waals surface area contributed by atoms with E-state index >= 15 is 0 Å². The lowest BCUT2D eigenvalue weighted by Crippen LogP contribution is -2.36. The molecular formula is C24H22F3NO3S. The van der Waals surface area contributed by atoms with E-state index in [1.165, 1.54) is 12.1 Å². The molecule has 1 N–H and O–H groups in total. The SMILES string of the molecule is CCOC(=O)C1=C(C)NC2=C(C(=O)C[C@@H](c3cccs3)C2)[C@H]1c1ccc(C(F)(F)F)cc1. The van der Waals surface area contributed by atoms with Gasteiger partial charge in [-0.15, -0.1) is 11.3 Å². The summed E-state index contributed by atoms with van der Waals surface area (Å²) in [5.41, 5.74) is 1.63. The predicted molar refractivity (Wildman–Crippen MR) is 115 cm³/mol. The van der Waals surface area contributed by atoms with E-state index in [-0.39, 0.29) is 30.3 Å². The van der Waals surface area contributed by atoms with Gasteiger partial charge < -0.3 is 10.1 Å². The van der Waals surface area contributed by atoms with Crippen LogP contribution in [0.3, 0.4) is 0 Å². The number of allylic oxidation sites excluding steroid dienone is 3. The van der Waals surface area contributed by atoms with Gasteiger partial charge in [-0.2, -0.15) is 13.2 Å². The van der Waals surface area contributed by atoms with E-state index in [9.17, 15) is 22.8 Å². The molecule has 4 nitrogen and oxygen atoms in total. The summed E-state index contributed by atoms with van der Waals surface area (Å²) in [5, 5.41) is 5.19. The summed E-state index contributed by atoms with van der Waals surface area (Å²) in [5.74, 6) is -1.44. The number of ketones is 1. The quantitative estimate of drug-likeness (QED) is 0.595. The number of esters is 1. The van der Waals surface area contributed by atoms with Crippen LogP contribution in [0.4, 0.5) is 13.2 Å². The summed E-state index contributed by atoms with van der Waals surface area (Å²) in [4.78, 5) is 27.3. The van der Waals surface area contributed by atoms with Crippen LogP contribution < -0.4 is 5.32 Å². The number of alkyl halides is 3. The van der Waals surface area contributed by atoms with Crippen LogP contribution in [0.2, 0.25) is 0 Å². The Morgan fingerprint density at radius 1 is 1.19 bits per heavy atom. The Kier molecular flexibility index (Phi) is 5.99. The van der Waals surface area contributed by atoms with Gasteiger partial charge in [0.25, 0.3) is 0 Å². The molecular weight excluding hydrogens is 439 g/mol. The monoisotopic (exact) mass is 461 g/mol. The molecule has 2 aromatic rings. The summed E-state index contributed by atoms with van der Waals surface area (Å²) in [6.07, 6.45) is -3.60. The highest BCUT2D eigenvalue weighted by molar-refractivity contribution is 7.10. The van der Waals surface area contributed by atoms with E-state index in [1.54, 1.807) is 25.2 Å². The van der Waals surface area contributed by atoms with Crippen molar-refractivity contribution in [2.24, 2.45) is 0 Å². The zero-order valence-corrected chi connectivity index (χ0v) is 18.4. The number of rotatable bonds is 4. The van der Waals surface area contributed by atoms with Gasteiger partial charge in [0.1, 0.15) is 0 Å². The minimum absolute atomic E-state index is 0.0268. The van der Waals surface area contributed by atoms with Gasteiger partial charge in [-0.25, -0.2) is 4.79 Å². The summed E-state index contributed by atoms with van der Waals surface area (Å²) in [6, 6.07) is 8.59. The number of dihydropyridines is 1. The molecule has 1 aromatic carbocycles. The second-order valence-electron chi connectivity index (χ2n) is 7.87. The smallest absolute Gasteiger partial charge is 0.416 e. The molecule has 1 aliphatic carbocycles. The average molecular weight is 462 g/mol. The summed E-state index contributed by atoms with van der Waals surface area (Å²) in [7, 11) is 0. The fourth-order valence-electron chi connectivity index (χ4n) is 4.44. The van der Waals surface area contributed by atoms with Crippen molar-refractivity contribution in [1.82, 2.24) is 5.32 Å². The predicted octanol–water partition coefficient (Wildman–Crippen LogP) is 5.69. The van der Waals surface area contributed by atoms with E-state index in [4.69, 9.17) is 4.74 Å². The standard InChI is InChI=1S/C24H22F3NO3S/c1-3-31-23(30)20-13(2)28-17-11-15(19-5-4-10-32-19)12-18(29)22(17)21(20)14-6-8-16(9-7-14)24(25,26)27/h4-10,15,21,28H,3,11-12H2,1-2H3/t15-,21-/m0/s1. The number of carbonyl (C=O) groups is 2. The van der Waals surface area contributed by atoms with Crippen molar-refractivity contribution >= 4 is 23.1 Å². The normalized spacial score (nSPS) is 21.3. The topological polar surface area (TPSA) is 55.4 Å². The van der Waals surface area contributed by atoms with Crippen LogP contribution in [-0.4, -0.2) is 18.4 Å². The van der Waals surface area contributed by atoms with Crippen LogP contribution >= 0.6 is 11.3 Å². The van der Waals surface area contributed by atoms with Crippen molar-refractivity contribution in [3.8, 4) is 0 Å². The molecule has 0 amide bonds. The molecule has 4 rings (SSSR count). The van der Waals surface area contributed by atoms with Crippen molar-refractivity contribution in [3.05, 3.63) is 80.3 Å². The lowest BCUT2D eigenvalue weighted by Gasteiger charge is -2.36. The van der Waals surface area contributed by atoms with Crippen molar-refractivity contribution < 1.29 is 27.5 Å². The third kappa shape index (κ3) is 4.11. The number of carbonyl (C=O) groups excluding carboxylic acids is 2. The Labute approximate surface area is 187 Å². The Balaban J connectivity index is 1.80. The third-order valence-corrected chi connectivity index (χ3v) is 6.87. The Hall–Kier alpha value is -2.87. The summed E-state index contributed by atoms with van der Waals surface area (Å²) >= 11 is 1.59. The number of hydrogen-bond acceptors (Lipinski definition) is 5. The van der Waals surface area contributed by atoms with Crippen LogP contribution in [0.15, 0.2) is 64.3 Å². The molecule has 0 spiro atoms. The Morgan fingerprint density at radius 3 is 2.50 bits per heavy atom. The third-order valence-electron chi connectivity index (χ3n) is 5.84. The molecule has 0 radical (unpaired) electrons. The molecule has 2 aliphatic rings. The first kappa shape index (κ1) is 22.3. The van der Waals surface area contributed by atoms with Gasteiger partial charge in [0.15, 0.2) is 5.78 Å². The van der Waals surface area contributed by atoms with Gasteiger partial charge in [0.2, 0.25) is 0 Å². The van der Waals surface area contributed by atoms with Crippen LogP contribution in [0.1, 0.15) is 54.5 Å². The van der Waals surface area contributed by atoms with Gasteiger partial charge in [-0.3, -0.25) is 4.79 Å². The maximum atomic E-state index is 13.3. The highest BCUT2D eigenvalue weighted by Crippen LogP contribution is 2.46. The molecule has 0 unspecified atom stereocenters. The number of halogens is 3. The molecule has 8 heteroatoms. The largest absolute Gasteiger partial charge is 0.463 e. The van der Waals surface area contributed by atoms with Crippen molar-refractivity contribution in [2.75, 3.05) is 6.61 Å². The average Bonchev–Trinajstić information content (AvgIpc) is 3.27. The molecule has 0 bridgehead atoms. The van der Waals surface area contributed by atoms with E-state index in [1.807, 2.05) is 17.5 Å². The molecule has 0 fully saturated rings. The van der Waals surface area contributed by atoms with Gasteiger partial charge in [0.05, 0.1) is 17.7 Å². The number of ether oxygens (including phenoxy) is 1. The van der Waals surface area contributed by atoms with Crippen molar-refractivity contribution in [3.63, 3.8) is 0 Å². The maximum absolute atomic E-state index is 13.3. The van der Waals surface area contributed by atoms with E-state index in [2.05, 4.69) is 5.32 Å².